The molecule has 0 unspecified atom stereocenters. The highest BCUT2D eigenvalue weighted by molar-refractivity contribution is 5.77. The van der Waals surface area contributed by atoms with Crippen molar-refractivity contribution in [1.82, 2.24) is 14.8 Å². The molecular weight excluding hydrogens is 456 g/mol. The van der Waals surface area contributed by atoms with Gasteiger partial charge in [-0.05, 0) is 49.6 Å². The summed E-state index contributed by atoms with van der Waals surface area (Å²) in [5, 5.41) is 6.85. The number of piperidine rings is 1. The molecule has 0 bridgehead atoms. The van der Waals surface area contributed by atoms with Crippen LogP contribution >= 0.6 is 0 Å². The number of likely N-dealkylation sites (tertiary alicyclic amines) is 1. The van der Waals surface area contributed by atoms with Crippen molar-refractivity contribution in [3.63, 3.8) is 0 Å². The lowest BCUT2D eigenvalue weighted by atomic mass is 9.82. The Balaban J connectivity index is 1.30. The van der Waals surface area contributed by atoms with Crippen LogP contribution in [0.3, 0.4) is 0 Å². The van der Waals surface area contributed by atoms with Crippen molar-refractivity contribution in [1.29, 1.82) is 0 Å². The number of urea groups is 1. The zero-order valence-electron chi connectivity index (χ0n) is 20.7. The van der Waals surface area contributed by atoms with Crippen LogP contribution in [0.25, 0.3) is 5.69 Å². The number of methoxy groups -OCH3 is 1. The lowest BCUT2D eigenvalue weighted by Gasteiger charge is -2.46. The molecule has 188 valence electrons. The Morgan fingerprint density at radius 2 is 1.86 bits per heavy atom. The third-order valence-corrected chi connectivity index (χ3v) is 7.16. The molecule has 8 nitrogen and oxygen atoms in total. The van der Waals surface area contributed by atoms with Crippen molar-refractivity contribution >= 4 is 17.7 Å². The van der Waals surface area contributed by atoms with Crippen molar-refractivity contribution in [3.05, 3.63) is 78.1 Å². The number of carbonyl (C=O) groups is 2. The summed E-state index contributed by atoms with van der Waals surface area (Å²) in [5.74, 6) is 0.475. The molecule has 5 rings (SSSR count). The van der Waals surface area contributed by atoms with Gasteiger partial charge in [0.15, 0.2) is 0 Å². The van der Waals surface area contributed by atoms with Gasteiger partial charge in [0, 0.05) is 31.0 Å². The number of nitrogens with one attached hydrogen (secondary N) is 2. The number of carbonyl (C=O) groups excluding carboxylic acids is 2. The minimum Gasteiger partial charge on any atom is -0.497 e. The van der Waals surface area contributed by atoms with Gasteiger partial charge in [0.2, 0.25) is 0 Å². The second kappa shape index (κ2) is 9.97. The number of benzene rings is 2. The first kappa shape index (κ1) is 23.8. The summed E-state index contributed by atoms with van der Waals surface area (Å²) in [6.07, 6.45) is 3.70. The highest BCUT2D eigenvalue weighted by atomic mass is 16.5. The van der Waals surface area contributed by atoms with Crippen LogP contribution < -0.4 is 15.4 Å². The van der Waals surface area contributed by atoms with E-state index in [0.717, 1.165) is 35.5 Å². The van der Waals surface area contributed by atoms with Gasteiger partial charge in [0.1, 0.15) is 5.75 Å². The van der Waals surface area contributed by atoms with Crippen molar-refractivity contribution in [2.45, 2.75) is 37.8 Å². The van der Waals surface area contributed by atoms with E-state index in [9.17, 15) is 9.59 Å². The predicted molar refractivity (Wildman–Crippen MR) is 137 cm³/mol. The Morgan fingerprint density at radius 1 is 1.08 bits per heavy atom. The molecule has 2 amide bonds. The van der Waals surface area contributed by atoms with Crippen LogP contribution in [-0.2, 0) is 15.1 Å². The first-order valence-corrected chi connectivity index (χ1v) is 12.4. The van der Waals surface area contributed by atoms with Crippen molar-refractivity contribution in [2.24, 2.45) is 0 Å². The van der Waals surface area contributed by atoms with E-state index in [-0.39, 0.29) is 24.0 Å². The van der Waals surface area contributed by atoms with Gasteiger partial charge in [-0.1, -0.05) is 30.3 Å². The highest BCUT2D eigenvalue weighted by Gasteiger charge is 2.42. The molecule has 0 aliphatic carbocycles. The molecule has 8 heteroatoms. The molecule has 1 atom stereocenters. The lowest BCUT2D eigenvalue weighted by molar-refractivity contribution is -0.143. The number of aromatic nitrogens is 1. The second-order valence-corrected chi connectivity index (χ2v) is 9.26. The molecule has 2 aromatic carbocycles. The minimum atomic E-state index is -0.446. The number of nitrogens with zero attached hydrogens (tertiary/aromatic N) is 2. The SMILES string of the molecule is CCOC(=O)C[C@H](NC(=O)N1CCC2(CC1)Nc1cc(OC)ccc1-n1cccc12)c1ccccc1. The molecule has 36 heavy (non-hydrogen) atoms. The molecular formula is C28H32N4O4. The van der Waals surface area contributed by atoms with E-state index in [0.29, 0.717) is 19.7 Å². The lowest BCUT2D eigenvalue weighted by Crippen LogP contribution is -2.53. The Labute approximate surface area is 211 Å². The van der Waals surface area contributed by atoms with Crippen molar-refractivity contribution in [2.75, 3.05) is 32.1 Å². The molecule has 1 saturated heterocycles. The zero-order chi connectivity index (χ0) is 25.1. The van der Waals surface area contributed by atoms with Gasteiger partial charge in [0.25, 0.3) is 0 Å². The van der Waals surface area contributed by atoms with Crippen LogP contribution in [0.2, 0.25) is 0 Å². The maximum absolute atomic E-state index is 13.3. The fraction of sp³-hybridized carbons (Fsp3) is 0.357. The normalized spacial score (nSPS) is 16.3. The highest BCUT2D eigenvalue weighted by Crippen LogP contribution is 2.44. The van der Waals surface area contributed by atoms with E-state index < -0.39 is 6.04 Å². The monoisotopic (exact) mass is 488 g/mol. The maximum Gasteiger partial charge on any atom is 0.317 e. The van der Waals surface area contributed by atoms with Crippen molar-refractivity contribution in [3.8, 4) is 11.4 Å². The fourth-order valence-electron chi connectivity index (χ4n) is 5.29. The molecule has 3 aromatic rings. The largest absolute Gasteiger partial charge is 0.497 e. The predicted octanol–water partition coefficient (Wildman–Crippen LogP) is 4.61. The molecule has 1 fully saturated rings. The van der Waals surface area contributed by atoms with E-state index in [1.165, 1.54) is 5.69 Å². The number of anilines is 1. The maximum atomic E-state index is 13.3. The smallest absolute Gasteiger partial charge is 0.317 e. The zero-order valence-corrected chi connectivity index (χ0v) is 20.7. The summed E-state index contributed by atoms with van der Waals surface area (Å²) < 4.78 is 12.8. The van der Waals surface area contributed by atoms with Crippen molar-refractivity contribution < 1.29 is 19.1 Å². The number of hydrogen-bond donors (Lipinski definition) is 2. The molecule has 2 N–H and O–H groups in total. The average molecular weight is 489 g/mol. The number of ether oxygens (including phenoxy) is 2. The summed E-state index contributed by atoms with van der Waals surface area (Å²) in [4.78, 5) is 27.3. The van der Waals surface area contributed by atoms with E-state index in [1.54, 1.807) is 14.0 Å². The Bertz CT molecular complexity index is 1230. The van der Waals surface area contributed by atoms with Gasteiger partial charge in [0.05, 0.1) is 43.1 Å². The summed E-state index contributed by atoms with van der Waals surface area (Å²) >= 11 is 0. The Morgan fingerprint density at radius 3 is 2.58 bits per heavy atom. The summed E-state index contributed by atoms with van der Waals surface area (Å²) in [7, 11) is 1.67. The van der Waals surface area contributed by atoms with E-state index in [1.807, 2.05) is 47.4 Å². The minimum absolute atomic E-state index is 0.0923. The van der Waals surface area contributed by atoms with Gasteiger partial charge in [-0.2, -0.15) is 0 Å². The van der Waals surface area contributed by atoms with Gasteiger partial charge in [-0.3, -0.25) is 4.79 Å². The fourth-order valence-corrected chi connectivity index (χ4v) is 5.29. The van der Waals surface area contributed by atoms with Gasteiger partial charge in [-0.15, -0.1) is 0 Å². The topological polar surface area (TPSA) is 84.8 Å². The Hall–Kier alpha value is -3.94. The molecule has 2 aliphatic heterocycles. The molecule has 1 aromatic heterocycles. The molecule has 3 heterocycles. The van der Waals surface area contributed by atoms with Crippen LogP contribution in [0, 0.1) is 0 Å². The molecule has 0 saturated carbocycles. The summed E-state index contributed by atoms with van der Waals surface area (Å²) in [5.41, 5.74) is 3.92. The van der Waals surface area contributed by atoms with Crippen LogP contribution in [0.5, 0.6) is 5.75 Å². The van der Waals surface area contributed by atoms with Crippen LogP contribution in [-0.4, -0.2) is 48.3 Å². The first-order valence-electron chi connectivity index (χ1n) is 12.4. The van der Waals surface area contributed by atoms with Gasteiger partial charge >= 0.3 is 12.0 Å². The van der Waals surface area contributed by atoms with Crippen LogP contribution in [0.1, 0.15) is 43.5 Å². The first-order chi connectivity index (χ1) is 17.5. The number of hydrogen-bond acceptors (Lipinski definition) is 5. The quantitative estimate of drug-likeness (QED) is 0.495. The van der Waals surface area contributed by atoms with E-state index in [4.69, 9.17) is 9.47 Å². The van der Waals surface area contributed by atoms with E-state index in [2.05, 4.69) is 39.6 Å². The van der Waals surface area contributed by atoms with Gasteiger partial charge in [-0.25, -0.2) is 4.79 Å². The average Bonchev–Trinajstić information content (AvgIpc) is 3.40. The van der Waals surface area contributed by atoms with E-state index >= 15 is 0 Å². The standard InChI is InChI=1S/C28H32N4O4/c1-3-36-26(33)19-22(20-8-5-4-6-9-20)29-27(34)31-16-13-28(14-17-31)25-10-7-15-32(25)24-12-11-21(35-2)18-23(24)30-28/h4-12,15,18,22,30H,3,13-14,16-17,19H2,1-2H3,(H,29,34)/t22-/m0/s1. The molecule has 1 spiro atoms. The molecule has 0 radical (unpaired) electrons. The Kier molecular flexibility index (Phi) is 6.59. The van der Waals surface area contributed by atoms with Crippen LogP contribution in [0.4, 0.5) is 10.5 Å². The van der Waals surface area contributed by atoms with Gasteiger partial charge < -0.3 is 29.6 Å². The number of esters is 1. The summed E-state index contributed by atoms with van der Waals surface area (Å²) in [6, 6.07) is 19.2. The van der Waals surface area contributed by atoms with Crippen LogP contribution in [0.15, 0.2) is 66.9 Å². The number of fused-ring (bicyclic) bond motifs is 4. The third-order valence-electron chi connectivity index (χ3n) is 7.16. The molecule has 2 aliphatic rings. The summed E-state index contributed by atoms with van der Waals surface area (Å²) in [6.45, 7) is 3.27. The third kappa shape index (κ3) is 4.51. The number of rotatable bonds is 6. The second-order valence-electron chi connectivity index (χ2n) is 9.26. The number of amides is 2.